The second kappa shape index (κ2) is 6.60. The third kappa shape index (κ3) is 3.74. The van der Waals surface area contributed by atoms with Crippen molar-refractivity contribution in [1.29, 1.82) is 0 Å². The van der Waals surface area contributed by atoms with Gasteiger partial charge in [0.1, 0.15) is 0 Å². The number of nitrogens with zero attached hydrogens (tertiary/aromatic N) is 1. The normalized spacial score (nSPS) is 26.8. The second-order valence-electron chi connectivity index (χ2n) is 5.64. The minimum Gasteiger partial charge on any atom is -0.479 e. The Balaban J connectivity index is 1.89. The Bertz CT molecular complexity index is 463. The summed E-state index contributed by atoms with van der Waals surface area (Å²) in [7, 11) is -1.99. The van der Waals surface area contributed by atoms with Crippen LogP contribution in [0.15, 0.2) is 0 Å². The molecule has 21 heavy (non-hydrogen) atoms. The molecule has 0 aromatic rings. The number of methoxy groups -OCH3 is 1. The van der Waals surface area contributed by atoms with E-state index in [1.807, 2.05) is 0 Å². The van der Waals surface area contributed by atoms with Gasteiger partial charge in [-0.15, -0.1) is 0 Å². The molecule has 2 aliphatic rings. The average Bonchev–Trinajstić information content (AvgIpc) is 2.98. The first-order chi connectivity index (χ1) is 9.89. The SMILES string of the molecule is COC1(C(=O)O)CCN(S(=O)(=O)CCC2CCCO2)CC1. The molecule has 7 nitrogen and oxygen atoms in total. The molecule has 0 amide bonds. The van der Waals surface area contributed by atoms with Crippen molar-refractivity contribution in [2.45, 2.75) is 43.8 Å². The highest BCUT2D eigenvalue weighted by atomic mass is 32.2. The molecule has 0 aliphatic carbocycles. The van der Waals surface area contributed by atoms with Crippen LogP contribution in [0, 0.1) is 0 Å². The van der Waals surface area contributed by atoms with Gasteiger partial charge in [-0.05, 0) is 19.3 Å². The largest absolute Gasteiger partial charge is 0.479 e. The lowest BCUT2D eigenvalue weighted by atomic mass is 9.92. The third-order valence-corrected chi connectivity index (χ3v) is 6.33. The summed E-state index contributed by atoms with van der Waals surface area (Å²) in [6.45, 7) is 1.09. The lowest BCUT2D eigenvalue weighted by Gasteiger charge is -2.37. The standard InChI is InChI=1S/C13H23NO6S/c1-19-13(12(15)16)5-7-14(8-6-13)21(17,18)10-4-11-3-2-9-20-11/h11H,2-10H2,1H3,(H,15,16). The Hall–Kier alpha value is -0.700. The van der Waals surface area contributed by atoms with E-state index < -0.39 is 21.6 Å². The van der Waals surface area contributed by atoms with E-state index in [0.717, 1.165) is 12.8 Å². The van der Waals surface area contributed by atoms with Crippen LogP contribution in [0.5, 0.6) is 0 Å². The zero-order valence-corrected chi connectivity index (χ0v) is 13.1. The molecule has 1 atom stereocenters. The molecule has 8 heteroatoms. The maximum atomic E-state index is 12.3. The number of carboxylic acid groups (broad SMARTS) is 1. The Morgan fingerprint density at radius 1 is 1.43 bits per heavy atom. The molecular formula is C13H23NO6S. The van der Waals surface area contributed by atoms with Gasteiger partial charge in [0, 0.05) is 39.6 Å². The number of ether oxygens (including phenoxy) is 2. The first-order valence-electron chi connectivity index (χ1n) is 7.28. The van der Waals surface area contributed by atoms with Crippen molar-refractivity contribution in [3.05, 3.63) is 0 Å². The summed E-state index contributed by atoms with van der Waals surface area (Å²) in [6, 6.07) is 0. The molecule has 2 rings (SSSR count). The van der Waals surface area contributed by atoms with Crippen LogP contribution < -0.4 is 0 Å². The van der Waals surface area contributed by atoms with E-state index in [-0.39, 0.29) is 37.8 Å². The lowest BCUT2D eigenvalue weighted by Crippen LogP contribution is -2.52. The quantitative estimate of drug-likeness (QED) is 0.763. The first kappa shape index (κ1) is 16.7. The molecule has 0 bridgehead atoms. The zero-order valence-electron chi connectivity index (χ0n) is 12.3. The summed E-state index contributed by atoms with van der Waals surface area (Å²) in [5, 5.41) is 9.22. The highest BCUT2D eigenvalue weighted by molar-refractivity contribution is 7.89. The molecule has 2 saturated heterocycles. The lowest BCUT2D eigenvalue weighted by molar-refractivity contribution is -0.166. The van der Waals surface area contributed by atoms with Crippen molar-refractivity contribution in [1.82, 2.24) is 4.31 Å². The summed E-state index contributed by atoms with van der Waals surface area (Å²) in [5.74, 6) is -0.966. The maximum Gasteiger partial charge on any atom is 0.336 e. The predicted octanol–water partition coefficient (Wildman–Crippen LogP) is 0.451. The number of aliphatic carboxylic acids is 1. The van der Waals surface area contributed by atoms with Gasteiger partial charge in [-0.2, -0.15) is 0 Å². The predicted molar refractivity (Wildman–Crippen MR) is 75.6 cm³/mol. The van der Waals surface area contributed by atoms with E-state index in [4.69, 9.17) is 9.47 Å². The van der Waals surface area contributed by atoms with Crippen LogP contribution in [0.3, 0.4) is 0 Å². The first-order valence-corrected chi connectivity index (χ1v) is 8.88. The van der Waals surface area contributed by atoms with Crippen LogP contribution in [-0.4, -0.2) is 68.1 Å². The second-order valence-corrected chi connectivity index (χ2v) is 7.73. The van der Waals surface area contributed by atoms with E-state index in [2.05, 4.69) is 0 Å². The molecule has 0 spiro atoms. The molecular weight excluding hydrogens is 298 g/mol. The molecule has 1 unspecified atom stereocenters. The van der Waals surface area contributed by atoms with E-state index in [1.54, 1.807) is 0 Å². The molecule has 0 aromatic heterocycles. The van der Waals surface area contributed by atoms with Gasteiger partial charge in [0.05, 0.1) is 11.9 Å². The fourth-order valence-electron chi connectivity index (χ4n) is 2.91. The average molecular weight is 321 g/mol. The topological polar surface area (TPSA) is 93.1 Å². The van der Waals surface area contributed by atoms with E-state index in [9.17, 15) is 18.3 Å². The van der Waals surface area contributed by atoms with Crippen molar-refractivity contribution < 1.29 is 27.8 Å². The maximum absolute atomic E-state index is 12.3. The van der Waals surface area contributed by atoms with Crippen molar-refractivity contribution >= 4 is 16.0 Å². The number of sulfonamides is 1. The number of carboxylic acids is 1. The number of rotatable bonds is 6. The number of hydrogen-bond donors (Lipinski definition) is 1. The molecule has 2 aliphatic heterocycles. The van der Waals surface area contributed by atoms with E-state index >= 15 is 0 Å². The van der Waals surface area contributed by atoms with Crippen LogP contribution in [-0.2, 0) is 24.3 Å². The van der Waals surface area contributed by atoms with Gasteiger partial charge in [-0.1, -0.05) is 0 Å². The van der Waals surface area contributed by atoms with Crippen LogP contribution in [0.25, 0.3) is 0 Å². The van der Waals surface area contributed by atoms with Gasteiger partial charge >= 0.3 is 5.97 Å². The van der Waals surface area contributed by atoms with Gasteiger partial charge in [-0.3, -0.25) is 0 Å². The minimum atomic E-state index is -3.35. The van der Waals surface area contributed by atoms with Crippen LogP contribution in [0.1, 0.15) is 32.1 Å². The summed E-state index contributed by atoms with van der Waals surface area (Å²) < 4.78 is 36.5. The Morgan fingerprint density at radius 2 is 2.10 bits per heavy atom. The monoisotopic (exact) mass is 321 g/mol. The number of carbonyl (C=O) groups is 1. The van der Waals surface area contributed by atoms with E-state index in [0.29, 0.717) is 13.0 Å². The van der Waals surface area contributed by atoms with Crippen LogP contribution in [0.2, 0.25) is 0 Å². The minimum absolute atomic E-state index is 0.0432. The number of piperidine rings is 1. The summed E-state index contributed by atoms with van der Waals surface area (Å²) >= 11 is 0. The fourth-order valence-corrected chi connectivity index (χ4v) is 4.47. The smallest absolute Gasteiger partial charge is 0.336 e. The van der Waals surface area contributed by atoms with Crippen molar-refractivity contribution in [3.63, 3.8) is 0 Å². The molecule has 2 fully saturated rings. The Kier molecular flexibility index (Phi) is 5.24. The van der Waals surface area contributed by atoms with E-state index in [1.165, 1.54) is 11.4 Å². The van der Waals surface area contributed by atoms with Crippen molar-refractivity contribution in [2.75, 3.05) is 32.6 Å². The van der Waals surface area contributed by atoms with Crippen LogP contribution in [0.4, 0.5) is 0 Å². The van der Waals surface area contributed by atoms with Gasteiger partial charge < -0.3 is 14.6 Å². The molecule has 0 radical (unpaired) electrons. The highest BCUT2D eigenvalue weighted by Gasteiger charge is 2.44. The summed E-state index contributed by atoms with van der Waals surface area (Å²) in [4.78, 5) is 11.3. The van der Waals surface area contributed by atoms with Crippen molar-refractivity contribution in [2.24, 2.45) is 0 Å². The fraction of sp³-hybridized carbons (Fsp3) is 0.923. The van der Waals surface area contributed by atoms with Crippen molar-refractivity contribution in [3.8, 4) is 0 Å². The van der Waals surface area contributed by atoms with Gasteiger partial charge in [0.25, 0.3) is 0 Å². The van der Waals surface area contributed by atoms with Gasteiger partial charge in [0.15, 0.2) is 5.60 Å². The third-order valence-electron chi connectivity index (χ3n) is 4.43. The molecule has 1 N–H and O–H groups in total. The molecule has 0 saturated carbocycles. The Labute approximate surface area is 125 Å². The summed E-state index contributed by atoms with van der Waals surface area (Å²) in [6.07, 6.45) is 2.81. The molecule has 122 valence electrons. The number of hydrogen-bond acceptors (Lipinski definition) is 5. The Morgan fingerprint density at radius 3 is 2.57 bits per heavy atom. The van der Waals surface area contributed by atoms with Gasteiger partial charge in [0.2, 0.25) is 10.0 Å². The summed E-state index contributed by atoms with van der Waals surface area (Å²) in [5.41, 5.74) is -1.25. The van der Waals surface area contributed by atoms with Gasteiger partial charge in [-0.25, -0.2) is 17.5 Å². The zero-order chi connectivity index (χ0) is 15.5. The highest BCUT2D eigenvalue weighted by Crippen LogP contribution is 2.28. The molecule has 0 aromatic carbocycles. The molecule has 2 heterocycles. The van der Waals surface area contributed by atoms with Crippen LogP contribution >= 0.6 is 0 Å².